The van der Waals surface area contributed by atoms with Crippen molar-refractivity contribution in [1.82, 2.24) is 20.0 Å². The first-order chi connectivity index (χ1) is 13.0. The van der Waals surface area contributed by atoms with E-state index in [0.29, 0.717) is 39.3 Å². The summed E-state index contributed by atoms with van der Waals surface area (Å²) in [5.41, 5.74) is 1.01. The van der Waals surface area contributed by atoms with Crippen LogP contribution in [-0.4, -0.2) is 80.1 Å². The number of rotatable bonds is 7. The summed E-state index contributed by atoms with van der Waals surface area (Å²) in [4.78, 5) is 30.1. The van der Waals surface area contributed by atoms with E-state index in [1.54, 1.807) is 19.0 Å². The Balaban J connectivity index is 1.89. The van der Waals surface area contributed by atoms with Gasteiger partial charge in [0.05, 0.1) is 19.2 Å². The predicted molar refractivity (Wildman–Crippen MR) is 106 cm³/mol. The molecule has 7 heteroatoms. The van der Waals surface area contributed by atoms with Crippen LogP contribution >= 0.6 is 0 Å². The standard InChI is InChI=1S/C20H32N4O3/c1-5-17(16-9-7-8-10-18(16)27-6-2)21-19(25)15-23-11-13-24(14-12-23)20(26)22(3)4/h7-10,17H,5-6,11-15H2,1-4H3,(H,21,25). The van der Waals surface area contributed by atoms with Gasteiger partial charge in [-0.15, -0.1) is 0 Å². The van der Waals surface area contributed by atoms with Gasteiger partial charge in [-0.05, 0) is 19.4 Å². The van der Waals surface area contributed by atoms with E-state index in [2.05, 4.69) is 17.1 Å². The third kappa shape index (κ3) is 5.85. The highest BCUT2D eigenvalue weighted by Crippen LogP contribution is 2.27. The maximum atomic E-state index is 12.6. The van der Waals surface area contributed by atoms with Crippen LogP contribution in [-0.2, 0) is 4.79 Å². The van der Waals surface area contributed by atoms with Gasteiger partial charge in [0.25, 0.3) is 0 Å². The molecule has 0 spiro atoms. The van der Waals surface area contributed by atoms with Crippen LogP contribution in [0.4, 0.5) is 4.79 Å². The van der Waals surface area contributed by atoms with Gasteiger partial charge in [0.1, 0.15) is 5.75 Å². The molecule has 1 aromatic carbocycles. The van der Waals surface area contributed by atoms with Crippen molar-refractivity contribution < 1.29 is 14.3 Å². The van der Waals surface area contributed by atoms with Crippen LogP contribution in [0.3, 0.4) is 0 Å². The molecule has 1 atom stereocenters. The van der Waals surface area contributed by atoms with Crippen molar-refractivity contribution in [2.75, 3.05) is 53.4 Å². The fraction of sp³-hybridized carbons (Fsp3) is 0.600. The van der Waals surface area contributed by atoms with E-state index in [1.165, 1.54) is 0 Å². The molecular weight excluding hydrogens is 344 g/mol. The van der Waals surface area contributed by atoms with E-state index in [1.807, 2.05) is 36.1 Å². The van der Waals surface area contributed by atoms with Crippen molar-refractivity contribution in [3.05, 3.63) is 29.8 Å². The van der Waals surface area contributed by atoms with E-state index in [-0.39, 0.29) is 18.0 Å². The summed E-state index contributed by atoms with van der Waals surface area (Å²) in [5.74, 6) is 0.823. The van der Waals surface area contributed by atoms with Crippen molar-refractivity contribution in [2.45, 2.75) is 26.3 Å². The van der Waals surface area contributed by atoms with Crippen molar-refractivity contribution in [2.24, 2.45) is 0 Å². The normalized spacial score (nSPS) is 15.9. The van der Waals surface area contributed by atoms with Gasteiger partial charge >= 0.3 is 6.03 Å². The number of piperazine rings is 1. The fourth-order valence-corrected chi connectivity index (χ4v) is 3.28. The first kappa shape index (κ1) is 21.0. The quantitative estimate of drug-likeness (QED) is 0.790. The molecule has 7 nitrogen and oxygen atoms in total. The number of hydrogen-bond donors (Lipinski definition) is 1. The third-order valence-corrected chi connectivity index (χ3v) is 4.73. The molecular formula is C20H32N4O3. The largest absolute Gasteiger partial charge is 0.494 e. The van der Waals surface area contributed by atoms with E-state index in [4.69, 9.17) is 4.74 Å². The molecule has 0 bridgehead atoms. The summed E-state index contributed by atoms with van der Waals surface area (Å²) in [6, 6.07) is 7.81. The van der Waals surface area contributed by atoms with Gasteiger partial charge in [0.2, 0.25) is 5.91 Å². The Kier molecular flexibility index (Phi) is 7.91. The average molecular weight is 377 g/mol. The minimum absolute atomic E-state index is 0.000498. The van der Waals surface area contributed by atoms with Gasteiger partial charge in [0.15, 0.2) is 0 Å². The number of para-hydroxylation sites is 1. The molecule has 1 aromatic rings. The highest BCUT2D eigenvalue weighted by molar-refractivity contribution is 5.79. The minimum atomic E-state index is -0.0724. The lowest BCUT2D eigenvalue weighted by molar-refractivity contribution is -0.123. The van der Waals surface area contributed by atoms with E-state index in [9.17, 15) is 9.59 Å². The highest BCUT2D eigenvalue weighted by atomic mass is 16.5. The van der Waals surface area contributed by atoms with Crippen LogP contribution in [0, 0.1) is 0 Å². The zero-order valence-electron chi connectivity index (χ0n) is 16.9. The van der Waals surface area contributed by atoms with Crippen LogP contribution in [0.1, 0.15) is 31.9 Å². The number of amides is 3. The molecule has 1 unspecified atom stereocenters. The molecule has 27 heavy (non-hydrogen) atoms. The average Bonchev–Trinajstić information content (AvgIpc) is 2.67. The Morgan fingerprint density at radius 1 is 1.15 bits per heavy atom. The van der Waals surface area contributed by atoms with E-state index >= 15 is 0 Å². The summed E-state index contributed by atoms with van der Waals surface area (Å²) in [5, 5.41) is 3.13. The summed E-state index contributed by atoms with van der Waals surface area (Å²) < 4.78 is 5.70. The van der Waals surface area contributed by atoms with Crippen molar-refractivity contribution in [3.8, 4) is 5.75 Å². The van der Waals surface area contributed by atoms with Crippen LogP contribution in [0.25, 0.3) is 0 Å². The van der Waals surface area contributed by atoms with E-state index < -0.39 is 0 Å². The van der Waals surface area contributed by atoms with Crippen LogP contribution in [0.2, 0.25) is 0 Å². The number of carbonyl (C=O) groups is 2. The lowest BCUT2D eigenvalue weighted by Crippen LogP contribution is -2.53. The first-order valence-corrected chi connectivity index (χ1v) is 9.65. The summed E-state index contributed by atoms with van der Waals surface area (Å²) in [7, 11) is 3.51. The Morgan fingerprint density at radius 2 is 1.81 bits per heavy atom. The molecule has 0 aliphatic carbocycles. The second-order valence-corrected chi connectivity index (χ2v) is 6.94. The number of nitrogens with zero attached hydrogens (tertiary/aromatic N) is 3. The lowest BCUT2D eigenvalue weighted by Gasteiger charge is -2.35. The molecule has 0 radical (unpaired) electrons. The molecule has 0 saturated carbocycles. The minimum Gasteiger partial charge on any atom is -0.494 e. The van der Waals surface area contributed by atoms with Crippen LogP contribution in [0.15, 0.2) is 24.3 Å². The van der Waals surface area contributed by atoms with Gasteiger partial charge in [-0.2, -0.15) is 0 Å². The Bertz CT molecular complexity index is 627. The van der Waals surface area contributed by atoms with E-state index in [0.717, 1.165) is 17.7 Å². The number of urea groups is 1. The lowest BCUT2D eigenvalue weighted by atomic mass is 10.0. The topological polar surface area (TPSA) is 65.1 Å². The van der Waals surface area contributed by atoms with Gasteiger partial charge in [-0.25, -0.2) is 4.79 Å². The molecule has 3 amide bonds. The molecule has 1 fully saturated rings. The second-order valence-electron chi connectivity index (χ2n) is 6.94. The summed E-state index contributed by atoms with van der Waals surface area (Å²) in [6.07, 6.45) is 0.793. The predicted octanol–water partition coefficient (Wildman–Crippen LogP) is 1.95. The number of nitrogens with one attached hydrogen (secondary N) is 1. The molecule has 1 aliphatic heterocycles. The number of carbonyl (C=O) groups excluding carboxylic acids is 2. The van der Waals surface area contributed by atoms with Crippen molar-refractivity contribution in [1.29, 1.82) is 0 Å². The molecule has 150 valence electrons. The molecule has 1 heterocycles. The summed E-state index contributed by atoms with van der Waals surface area (Å²) >= 11 is 0. The Labute approximate surface area is 162 Å². The third-order valence-electron chi connectivity index (χ3n) is 4.73. The SMILES string of the molecule is CCOc1ccccc1C(CC)NC(=O)CN1CCN(C(=O)N(C)C)CC1. The Hall–Kier alpha value is -2.28. The fourth-order valence-electron chi connectivity index (χ4n) is 3.28. The molecule has 1 N–H and O–H groups in total. The molecule has 2 rings (SSSR count). The zero-order chi connectivity index (χ0) is 19.8. The zero-order valence-corrected chi connectivity index (χ0v) is 16.9. The maximum absolute atomic E-state index is 12.6. The first-order valence-electron chi connectivity index (χ1n) is 9.65. The van der Waals surface area contributed by atoms with Gasteiger partial charge in [-0.3, -0.25) is 9.69 Å². The monoisotopic (exact) mass is 376 g/mol. The Morgan fingerprint density at radius 3 is 2.41 bits per heavy atom. The smallest absolute Gasteiger partial charge is 0.319 e. The molecule has 1 aliphatic rings. The molecule has 0 aromatic heterocycles. The number of benzene rings is 1. The highest BCUT2D eigenvalue weighted by Gasteiger charge is 2.24. The molecule has 1 saturated heterocycles. The van der Waals surface area contributed by atoms with Gasteiger partial charge < -0.3 is 19.9 Å². The van der Waals surface area contributed by atoms with Crippen LogP contribution in [0.5, 0.6) is 5.75 Å². The van der Waals surface area contributed by atoms with Crippen LogP contribution < -0.4 is 10.1 Å². The van der Waals surface area contributed by atoms with Gasteiger partial charge in [0, 0.05) is 45.8 Å². The maximum Gasteiger partial charge on any atom is 0.319 e. The van der Waals surface area contributed by atoms with Crippen molar-refractivity contribution >= 4 is 11.9 Å². The van der Waals surface area contributed by atoms with Crippen molar-refractivity contribution in [3.63, 3.8) is 0 Å². The van der Waals surface area contributed by atoms with Gasteiger partial charge in [-0.1, -0.05) is 25.1 Å². The number of hydrogen-bond acceptors (Lipinski definition) is 4. The number of ether oxygens (including phenoxy) is 1. The second kappa shape index (κ2) is 10.2. The summed E-state index contributed by atoms with van der Waals surface area (Å²) in [6.45, 7) is 7.66.